The Morgan fingerprint density at radius 1 is 1.19 bits per heavy atom. The first kappa shape index (κ1) is 18.2. The number of aromatic amines is 1. The Labute approximate surface area is 172 Å². The first-order valence-electron chi connectivity index (χ1n) is 7.75. The van der Waals surface area contributed by atoms with E-state index in [4.69, 9.17) is 23.2 Å². The monoisotopic (exact) mass is 435 g/mol. The number of amides is 1. The summed E-state index contributed by atoms with van der Waals surface area (Å²) in [7, 11) is 0. The van der Waals surface area contributed by atoms with E-state index in [2.05, 4.69) is 25.5 Å². The number of aromatic nitrogens is 4. The number of nitrogens with zero attached hydrogens (tertiary/aromatic N) is 3. The predicted octanol–water partition coefficient (Wildman–Crippen LogP) is 5.12. The number of hydrogen-bond donors (Lipinski definition) is 2. The van der Waals surface area contributed by atoms with E-state index in [0.717, 1.165) is 16.6 Å². The van der Waals surface area contributed by atoms with Crippen molar-refractivity contribution in [2.75, 3.05) is 11.1 Å². The van der Waals surface area contributed by atoms with Gasteiger partial charge in [-0.1, -0.05) is 58.4 Å². The van der Waals surface area contributed by atoms with Gasteiger partial charge in [0.15, 0.2) is 10.2 Å². The summed E-state index contributed by atoms with van der Waals surface area (Å²) < 4.78 is 0. The fourth-order valence-electron chi connectivity index (χ4n) is 2.33. The molecule has 0 unspecified atom stereocenters. The average molecular weight is 436 g/mol. The van der Waals surface area contributed by atoms with Crippen LogP contribution in [0.1, 0.15) is 0 Å². The van der Waals surface area contributed by atoms with Gasteiger partial charge in [-0.05, 0) is 30.3 Å². The lowest BCUT2D eigenvalue weighted by molar-refractivity contribution is -0.113. The Balaban J connectivity index is 1.39. The molecule has 2 heterocycles. The van der Waals surface area contributed by atoms with Gasteiger partial charge in [0, 0.05) is 10.6 Å². The molecule has 4 rings (SSSR count). The van der Waals surface area contributed by atoms with Gasteiger partial charge >= 0.3 is 0 Å². The van der Waals surface area contributed by atoms with Gasteiger partial charge in [0.25, 0.3) is 0 Å². The molecule has 136 valence electrons. The molecular formula is C17H11Cl2N5OS2. The zero-order chi connectivity index (χ0) is 18.8. The van der Waals surface area contributed by atoms with E-state index >= 15 is 0 Å². The zero-order valence-electron chi connectivity index (χ0n) is 13.6. The summed E-state index contributed by atoms with van der Waals surface area (Å²) in [6.07, 6.45) is 0. The van der Waals surface area contributed by atoms with Crippen molar-refractivity contribution in [3.63, 3.8) is 0 Å². The van der Waals surface area contributed by atoms with Gasteiger partial charge in [-0.15, -0.1) is 10.2 Å². The number of H-pyrrole nitrogens is 1. The van der Waals surface area contributed by atoms with Crippen molar-refractivity contribution < 1.29 is 4.79 Å². The second-order valence-corrected chi connectivity index (χ2v) is 8.22. The maximum atomic E-state index is 12.2. The van der Waals surface area contributed by atoms with Gasteiger partial charge in [-0.3, -0.25) is 10.1 Å². The second kappa shape index (κ2) is 7.85. The summed E-state index contributed by atoms with van der Waals surface area (Å²) in [5.41, 5.74) is 2.53. The first-order valence-corrected chi connectivity index (χ1v) is 10.3. The number of anilines is 1. The number of carbonyl (C=O) groups excluding carboxylic acids is 1. The van der Waals surface area contributed by atoms with Crippen molar-refractivity contribution >= 4 is 68.4 Å². The van der Waals surface area contributed by atoms with Crippen molar-refractivity contribution in [3.8, 4) is 10.6 Å². The highest BCUT2D eigenvalue weighted by Crippen LogP contribution is 2.33. The maximum Gasteiger partial charge on any atom is 0.236 e. The lowest BCUT2D eigenvalue weighted by Gasteiger charge is -2.00. The summed E-state index contributed by atoms with van der Waals surface area (Å²) in [5.74, 6) is 0.0153. The third-order valence-electron chi connectivity index (χ3n) is 3.54. The van der Waals surface area contributed by atoms with Crippen LogP contribution in [0.5, 0.6) is 0 Å². The first-order chi connectivity index (χ1) is 13.1. The van der Waals surface area contributed by atoms with Crippen LogP contribution in [-0.2, 0) is 4.79 Å². The zero-order valence-corrected chi connectivity index (χ0v) is 16.7. The molecule has 0 aliphatic heterocycles. The molecule has 2 N–H and O–H groups in total. The second-order valence-electron chi connectivity index (χ2n) is 5.43. The number of imidazole rings is 1. The number of hydrogen-bond acceptors (Lipinski definition) is 6. The van der Waals surface area contributed by atoms with Gasteiger partial charge in [-0.25, -0.2) is 4.98 Å². The molecule has 2 aromatic heterocycles. The van der Waals surface area contributed by atoms with Crippen molar-refractivity contribution in [2.24, 2.45) is 0 Å². The molecular weight excluding hydrogens is 425 g/mol. The van der Waals surface area contributed by atoms with Crippen LogP contribution in [-0.4, -0.2) is 31.8 Å². The smallest absolute Gasteiger partial charge is 0.236 e. The summed E-state index contributed by atoms with van der Waals surface area (Å²) in [6, 6.07) is 12.9. The Hall–Kier alpha value is -2.13. The van der Waals surface area contributed by atoms with Crippen LogP contribution >= 0.6 is 46.3 Å². The van der Waals surface area contributed by atoms with Crippen molar-refractivity contribution in [3.05, 3.63) is 52.5 Å². The Morgan fingerprint density at radius 2 is 2.04 bits per heavy atom. The molecule has 10 heteroatoms. The van der Waals surface area contributed by atoms with Gasteiger partial charge < -0.3 is 4.98 Å². The van der Waals surface area contributed by atoms with E-state index in [1.165, 1.54) is 23.1 Å². The third kappa shape index (κ3) is 4.24. The predicted molar refractivity (Wildman–Crippen MR) is 111 cm³/mol. The van der Waals surface area contributed by atoms with Crippen LogP contribution in [0.2, 0.25) is 10.0 Å². The number of nitrogens with one attached hydrogen (secondary N) is 2. The minimum Gasteiger partial charge on any atom is -0.333 e. The fraction of sp³-hybridized carbons (Fsp3) is 0.0588. The lowest BCUT2D eigenvalue weighted by Crippen LogP contribution is -2.13. The Morgan fingerprint density at radius 3 is 2.85 bits per heavy atom. The number of fused-ring (bicyclic) bond motifs is 1. The largest absolute Gasteiger partial charge is 0.333 e. The van der Waals surface area contributed by atoms with Crippen molar-refractivity contribution in [1.29, 1.82) is 0 Å². The van der Waals surface area contributed by atoms with Crippen LogP contribution < -0.4 is 5.32 Å². The summed E-state index contributed by atoms with van der Waals surface area (Å²) >= 11 is 14.7. The van der Waals surface area contributed by atoms with E-state index in [9.17, 15) is 4.79 Å². The van der Waals surface area contributed by atoms with Crippen LogP contribution in [0.3, 0.4) is 0 Å². The average Bonchev–Trinajstić information content (AvgIpc) is 3.26. The molecule has 4 aromatic rings. The SMILES string of the molecule is O=C(CSc1nc2ccccc2[nH]1)Nc1nnc(-c2ccc(Cl)cc2Cl)s1. The molecule has 0 spiro atoms. The molecule has 1 amide bonds. The number of rotatable bonds is 5. The quantitative estimate of drug-likeness (QED) is 0.425. The summed E-state index contributed by atoms with van der Waals surface area (Å²) in [6.45, 7) is 0. The van der Waals surface area contributed by atoms with Crippen LogP contribution in [0, 0.1) is 0 Å². The molecule has 0 bridgehead atoms. The minimum absolute atomic E-state index is 0.189. The molecule has 0 saturated carbocycles. The minimum atomic E-state index is -0.189. The van der Waals surface area contributed by atoms with Gasteiger partial charge in [-0.2, -0.15) is 0 Å². The van der Waals surface area contributed by atoms with Gasteiger partial charge in [0.2, 0.25) is 11.0 Å². The van der Waals surface area contributed by atoms with Gasteiger partial charge in [0.1, 0.15) is 0 Å². The molecule has 0 fully saturated rings. The number of thioether (sulfide) groups is 1. The number of carbonyl (C=O) groups is 1. The highest BCUT2D eigenvalue weighted by Gasteiger charge is 2.13. The molecule has 0 aliphatic carbocycles. The van der Waals surface area contributed by atoms with Crippen molar-refractivity contribution in [1.82, 2.24) is 20.2 Å². The maximum absolute atomic E-state index is 12.2. The van der Waals surface area contributed by atoms with Crippen molar-refractivity contribution in [2.45, 2.75) is 5.16 Å². The molecule has 0 aliphatic rings. The van der Waals surface area contributed by atoms with E-state index in [1.807, 2.05) is 24.3 Å². The lowest BCUT2D eigenvalue weighted by atomic mass is 10.2. The molecule has 6 nitrogen and oxygen atoms in total. The number of halogens is 2. The van der Waals surface area contributed by atoms with Gasteiger partial charge in [0.05, 0.1) is 21.8 Å². The van der Waals surface area contributed by atoms with E-state index in [1.54, 1.807) is 18.2 Å². The molecule has 27 heavy (non-hydrogen) atoms. The summed E-state index contributed by atoms with van der Waals surface area (Å²) in [5, 5.41) is 13.6. The molecule has 0 radical (unpaired) electrons. The Kier molecular flexibility index (Phi) is 5.31. The highest BCUT2D eigenvalue weighted by molar-refractivity contribution is 7.99. The van der Waals surface area contributed by atoms with E-state index < -0.39 is 0 Å². The number of para-hydroxylation sites is 2. The normalized spacial score (nSPS) is 11.0. The van der Waals surface area contributed by atoms with E-state index in [-0.39, 0.29) is 11.7 Å². The number of benzene rings is 2. The molecule has 2 aromatic carbocycles. The standard InChI is InChI=1S/C17H11Cl2N5OS2/c18-9-5-6-10(11(19)7-9)15-23-24-17(27-15)22-14(25)8-26-16-20-12-3-1-2-4-13(12)21-16/h1-7H,8H2,(H,20,21)(H,22,24,25). The topological polar surface area (TPSA) is 83.6 Å². The Bertz CT molecular complexity index is 1090. The highest BCUT2D eigenvalue weighted by atomic mass is 35.5. The van der Waals surface area contributed by atoms with Crippen LogP contribution in [0.15, 0.2) is 47.6 Å². The molecule has 0 atom stereocenters. The third-order valence-corrected chi connectivity index (χ3v) is 5.83. The van der Waals surface area contributed by atoms with Crippen LogP contribution in [0.25, 0.3) is 21.6 Å². The van der Waals surface area contributed by atoms with Crippen LogP contribution in [0.4, 0.5) is 5.13 Å². The fourth-order valence-corrected chi connectivity index (χ4v) is 4.37. The van der Waals surface area contributed by atoms with E-state index in [0.29, 0.717) is 25.3 Å². The molecule has 0 saturated heterocycles. The summed E-state index contributed by atoms with van der Waals surface area (Å²) in [4.78, 5) is 19.8.